The van der Waals surface area contributed by atoms with Gasteiger partial charge < -0.3 is 20.5 Å². The van der Waals surface area contributed by atoms with E-state index in [0.29, 0.717) is 17.9 Å². The highest BCUT2D eigenvalue weighted by atomic mass is 32.2. The molecule has 0 bridgehead atoms. The number of ether oxygens (including phenoxy) is 1. The minimum absolute atomic E-state index is 0.106. The number of thioether (sulfide) groups is 1. The molecule has 1 heterocycles. The van der Waals surface area contributed by atoms with Crippen molar-refractivity contribution in [2.24, 2.45) is 23.2 Å². The molecule has 2 amide bonds. The number of carboxylic acids is 1. The molecule has 7 nitrogen and oxygen atoms in total. The third kappa shape index (κ3) is 8.58. The van der Waals surface area contributed by atoms with Crippen molar-refractivity contribution in [3.63, 3.8) is 0 Å². The molecule has 0 aliphatic rings. The van der Waals surface area contributed by atoms with E-state index in [2.05, 4.69) is 10.6 Å². The Morgan fingerprint density at radius 3 is 2.29 bits per heavy atom. The number of methoxy groups -OCH3 is 1. The minimum atomic E-state index is -1.01. The number of carboxylic acid groups (broad SMARTS) is 1. The van der Waals surface area contributed by atoms with Crippen molar-refractivity contribution in [1.29, 1.82) is 0 Å². The van der Waals surface area contributed by atoms with E-state index in [1.54, 1.807) is 24.3 Å². The number of anilines is 1. The maximum atomic E-state index is 13.5. The number of hydrogen-bond donors (Lipinski definition) is 3. The molecule has 35 heavy (non-hydrogen) atoms. The lowest BCUT2D eigenvalue weighted by molar-refractivity contribution is -0.147. The van der Waals surface area contributed by atoms with Crippen molar-refractivity contribution in [3.8, 4) is 5.75 Å². The number of carbonyl (C=O) groups excluding carboxylic acids is 2. The summed E-state index contributed by atoms with van der Waals surface area (Å²) in [5, 5.41) is 17.7. The van der Waals surface area contributed by atoms with Gasteiger partial charge in [-0.3, -0.25) is 14.4 Å². The second-order valence-corrected chi connectivity index (χ2v) is 12.2. The zero-order valence-electron chi connectivity index (χ0n) is 21.2. The fourth-order valence-corrected chi connectivity index (χ4v) is 5.70. The second-order valence-electron chi connectivity index (χ2n) is 9.92. The zero-order valence-corrected chi connectivity index (χ0v) is 22.8. The summed E-state index contributed by atoms with van der Waals surface area (Å²) in [5.74, 6) is -2.60. The van der Waals surface area contributed by atoms with Crippen LogP contribution < -0.4 is 15.4 Å². The van der Waals surface area contributed by atoms with Crippen molar-refractivity contribution in [3.05, 3.63) is 41.8 Å². The lowest BCUT2D eigenvalue weighted by atomic mass is 9.82. The number of para-hydroxylation sites is 2. The quantitative estimate of drug-likeness (QED) is 0.325. The number of hydrogen-bond acceptors (Lipinski definition) is 6. The van der Waals surface area contributed by atoms with E-state index >= 15 is 0 Å². The van der Waals surface area contributed by atoms with Crippen LogP contribution in [0.4, 0.5) is 5.69 Å². The first-order valence-electron chi connectivity index (χ1n) is 11.6. The van der Waals surface area contributed by atoms with Crippen LogP contribution in [-0.2, 0) is 14.4 Å². The molecule has 0 saturated heterocycles. The molecular formula is C26H36N2O5S2. The molecule has 0 saturated carbocycles. The van der Waals surface area contributed by atoms with Crippen LogP contribution in [0.1, 0.15) is 41.0 Å². The van der Waals surface area contributed by atoms with Crippen LogP contribution in [-0.4, -0.2) is 41.8 Å². The van der Waals surface area contributed by atoms with Crippen LogP contribution in [0.3, 0.4) is 0 Å². The van der Waals surface area contributed by atoms with Crippen LogP contribution in [0.25, 0.3) is 0 Å². The first-order chi connectivity index (χ1) is 16.4. The summed E-state index contributed by atoms with van der Waals surface area (Å²) in [6, 6.07) is 10.0. The zero-order chi connectivity index (χ0) is 26.2. The van der Waals surface area contributed by atoms with E-state index in [-0.39, 0.29) is 11.7 Å². The van der Waals surface area contributed by atoms with Crippen LogP contribution in [0.2, 0.25) is 0 Å². The SMILES string of the molecule is COc1ccccc1NC(=O)C(NC(=O)[C@H](CC(C)C)[C@H](CSc1cccs1)C(=O)O)C(C)(C)C. The number of thiophene rings is 1. The van der Waals surface area contributed by atoms with E-state index in [9.17, 15) is 19.5 Å². The van der Waals surface area contributed by atoms with Gasteiger partial charge in [-0.2, -0.15) is 0 Å². The lowest BCUT2D eigenvalue weighted by Gasteiger charge is -2.33. The monoisotopic (exact) mass is 520 g/mol. The van der Waals surface area contributed by atoms with Crippen LogP contribution in [0.15, 0.2) is 46.0 Å². The molecule has 3 N–H and O–H groups in total. The average molecular weight is 521 g/mol. The predicted molar refractivity (Wildman–Crippen MR) is 142 cm³/mol. The van der Waals surface area contributed by atoms with Crippen LogP contribution in [0.5, 0.6) is 5.75 Å². The van der Waals surface area contributed by atoms with Gasteiger partial charge in [0, 0.05) is 5.75 Å². The molecule has 9 heteroatoms. The number of carbonyl (C=O) groups is 3. The maximum Gasteiger partial charge on any atom is 0.308 e. The summed E-state index contributed by atoms with van der Waals surface area (Å²) in [7, 11) is 1.52. The van der Waals surface area contributed by atoms with Crippen molar-refractivity contribution < 1.29 is 24.2 Å². The Kier molecular flexibility index (Phi) is 10.6. The fourth-order valence-electron chi connectivity index (χ4n) is 3.72. The third-order valence-corrected chi connectivity index (χ3v) is 7.80. The summed E-state index contributed by atoms with van der Waals surface area (Å²) < 4.78 is 6.32. The van der Waals surface area contributed by atoms with E-state index < -0.39 is 41.1 Å². The topological polar surface area (TPSA) is 105 Å². The average Bonchev–Trinajstić information content (AvgIpc) is 3.29. The summed E-state index contributed by atoms with van der Waals surface area (Å²) in [6.45, 7) is 9.50. The smallest absolute Gasteiger partial charge is 0.308 e. The second kappa shape index (κ2) is 13.0. The van der Waals surface area contributed by atoms with Crippen LogP contribution in [0, 0.1) is 23.2 Å². The Morgan fingerprint density at radius 2 is 1.74 bits per heavy atom. The van der Waals surface area contributed by atoms with E-state index in [1.165, 1.54) is 30.2 Å². The van der Waals surface area contributed by atoms with Gasteiger partial charge in [0.25, 0.3) is 0 Å². The number of aliphatic carboxylic acids is 1. The van der Waals surface area contributed by atoms with E-state index in [1.807, 2.05) is 52.1 Å². The first kappa shape index (κ1) is 28.7. The van der Waals surface area contributed by atoms with Gasteiger partial charge >= 0.3 is 5.97 Å². The molecule has 2 rings (SSSR count). The van der Waals surface area contributed by atoms with Gasteiger partial charge in [-0.1, -0.05) is 52.8 Å². The Hall–Kier alpha value is -2.52. The van der Waals surface area contributed by atoms with Gasteiger partial charge in [-0.25, -0.2) is 0 Å². The van der Waals surface area contributed by atoms with Crippen molar-refractivity contribution in [2.75, 3.05) is 18.2 Å². The Morgan fingerprint density at radius 1 is 1.06 bits per heavy atom. The molecule has 0 spiro atoms. The Labute approximate surface area is 216 Å². The molecule has 0 fully saturated rings. The Balaban J connectivity index is 2.26. The number of rotatable bonds is 12. The van der Waals surface area contributed by atoms with Gasteiger partial charge in [0.1, 0.15) is 11.8 Å². The molecule has 0 aliphatic heterocycles. The summed E-state index contributed by atoms with van der Waals surface area (Å²) in [4.78, 5) is 39.1. The highest BCUT2D eigenvalue weighted by Crippen LogP contribution is 2.32. The van der Waals surface area contributed by atoms with Gasteiger partial charge in [-0.05, 0) is 41.3 Å². The summed E-state index contributed by atoms with van der Waals surface area (Å²) in [5.41, 5.74) is -0.118. The normalized spacial score (nSPS) is 14.1. The Bertz CT molecular complexity index is 986. The summed E-state index contributed by atoms with van der Waals surface area (Å²) >= 11 is 2.98. The van der Waals surface area contributed by atoms with Gasteiger partial charge in [-0.15, -0.1) is 23.1 Å². The van der Waals surface area contributed by atoms with E-state index in [4.69, 9.17) is 4.74 Å². The summed E-state index contributed by atoms with van der Waals surface area (Å²) in [6.07, 6.45) is 0.402. The third-order valence-electron chi connectivity index (χ3n) is 5.54. The largest absolute Gasteiger partial charge is 0.495 e. The van der Waals surface area contributed by atoms with E-state index in [0.717, 1.165) is 4.21 Å². The molecule has 0 aliphatic carbocycles. The minimum Gasteiger partial charge on any atom is -0.495 e. The maximum absolute atomic E-state index is 13.5. The molecule has 1 unspecified atom stereocenters. The highest BCUT2D eigenvalue weighted by Gasteiger charge is 2.39. The molecule has 1 aromatic carbocycles. The number of amides is 2. The number of nitrogens with one attached hydrogen (secondary N) is 2. The van der Waals surface area contributed by atoms with Gasteiger partial charge in [0.2, 0.25) is 11.8 Å². The van der Waals surface area contributed by atoms with Crippen LogP contribution >= 0.6 is 23.1 Å². The first-order valence-corrected chi connectivity index (χ1v) is 13.4. The molecule has 1 aromatic heterocycles. The van der Waals surface area contributed by atoms with Crippen molar-refractivity contribution in [2.45, 2.75) is 51.3 Å². The van der Waals surface area contributed by atoms with Gasteiger partial charge in [0.05, 0.1) is 28.8 Å². The molecular weight excluding hydrogens is 484 g/mol. The molecule has 2 aromatic rings. The standard InChI is InChI=1S/C26H36N2O5S2/c1-16(2)14-17(18(25(31)32)15-35-21-12-9-13-34-21)23(29)28-22(26(3,4)5)24(30)27-19-10-7-8-11-20(19)33-6/h7-13,16-18,22H,14-15H2,1-6H3,(H,27,30)(H,28,29)(H,31,32)/t17-,18+,22?/m1/s1. The molecule has 3 atom stereocenters. The van der Waals surface area contributed by atoms with Crippen molar-refractivity contribution in [1.82, 2.24) is 5.32 Å². The fraction of sp³-hybridized carbons (Fsp3) is 0.500. The highest BCUT2D eigenvalue weighted by molar-refractivity contribution is 8.01. The molecule has 192 valence electrons. The van der Waals surface area contributed by atoms with Crippen molar-refractivity contribution >= 4 is 46.6 Å². The lowest BCUT2D eigenvalue weighted by Crippen LogP contribution is -2.54. The number of benzene rings is 1. The molecule has 0 radical (unpaired) electrons. The van der Waals surface area contributed by atoms with Gasteiger partial charge in [0.15, 0.2) is 0 Å². The predicted octanol–water partition coefficient (Wildman–Crippen LogP) is 5.38.